The molecule has 2 heterocycles. The molecule has 72 valence electrons. The van der Waals surface area contributed by atoms with E-state index in [9.17, 15) is 0 Å². The molecule has 2 aromatic heterocycles. The quantitative estimate of drug-likeness (QED) is 0.701. The van der Waals surface area contributed by atoms with Crippen LogP contribution in [-0.4, -0.2) is 25.8 Å². The zero-order valence-corrected chi connectivity index (χ0v) is 8.82. The maximum absolute atomic E-state index is 4.29. The third-order valence-electron chi connectivity index (χ3n) is 1.90. The van der Waals surface area contributed by atoms with Crippen LogP contribution in [0.15, 0.2) is 29.8 Å². The normalized spacial score (nSPS) is 10.4. The molecule has 5 heteroatoms. The van der Waals surface area contributed by atoms with Gasteiger partial charge in [-0.3, -0.25) is 4.57 Å². The van der Waals surface area contributed by atoms with Crippen molar-refractivity contribution < 1.29 is 0 Å². The van der Waals surface area contributed by atoms with E-state index in [1.807, 2.05) is 23.9 Å². The molecule has 0 fully saturated rings. The van der Waals surface area contributed by atoms with Gasteiger partial charge in [0.05, 0.1) is 12.4 Å². The predicted octanol–water partition coefficient (Wildman–Crippen LogP) is 1.69. The number of aromatic nitrogens is 4. The largest absolute Gasteiger partial charge is 0.287 e. The Morgan fingerprint density at radius 2 is 2.07 bits per heavy atom. The molecule has 0 N–H and O–H groups in total. The molecule has 0 aromatic carbocycles. The van der Waals surface area contributed by atoms with Crippen molar-refractivity contribution >= 4 is 11.8 Å². The van der Waals surface area contributed by atoms with Crippen molar-refractivity contribution in [3.05, 3.63) is 30.6 Å². The first-order chi connectivity index (χ1) is 6.81. The number of hydrogen-bond donors (Lipinski definition) is 0. The van der Waals surface area contributed by atoms with Crippen molar-refractivity contribution in [2.24, 2.45) is 0 Å². The Labute approximate surface area is 86.4 Å². The molecule has 0 aliphatic heterocycles. The van der Waals surface area contributed by atoms with Crippen LogP contribution in [0.25, 0.3) is 5.82 Å². The Morgan fingerprint density at radius 1 is 1.21 bits per heavy atom. The highest BCUT2D eigenvalue weighted by molar-refractivity contribution is 7.98. The van der Waals surface area contributed by atoms with Crippen LogP contribution in [0.1, 0.15) is 5.82 Å². The van der Waals surface area contributed by atoms with E-state index in [2.05, 4.69) is 15.0 Å². The zero-order chi connectivity index (χ0) is 9.97. The summed E-state index contributed by atoms with van der Waals surface area (Å²) < 4.78 is 1.90. The molecule has 2 aromatic rings. The lowest BCUT2D eigenvalue weighted by Gasteiger charge is -2.02. The molecule has 0 bridgehead atoms. The number of aryl methyl sites for hydroxylation is 1. The number of imidazole rings is 1. The number of thioether (sulfide) groups is 1. The molecule has 0 amide bonds. The molecule has 0 spiro atoms. The predicted molar refractivity (Wildman–Crippen MR) is 55.7 cm³/mol. The van der Waals surface area contributed by atoms with E-state index in [-0.39, 0.29) is 0 Å². The summed E-state index contributed by atoms with van der Waals surface area (Å²) in [5, 5.41) is 0.923. The minimum atomic E-state index is 0.804. The molecule has 2 rings (SSSR count). The van der Waals surface area contributed by atoms with Crippen LogP contribution in [0.2, 0.25) is 0 Å². The first-order valence-electron chi connectivity index (χ1n) is 4.17. The molecule has 4 nitrogen and oxygen atoms in total. The maximum Gasteiger partial charge on any atom is 0.156 e. The topological polar surface area (TPSA) is 43.6 Å². The van der Waals surface area contributed by atoms with Gasteiger partial charge in [0.25, 0.3) is 0 Å². The summed E-state index contributed by atoms with van der Waals surface area (Å²) >= 11 is 1.58. The van der Waals surface area contributed by atoms with Crippen LogP contribution in [0, 0.1) is 6.92 Å². The summed E-state index contributed by atoms with van der Waals surface area (Å²) in [4.78, 5) is 12.7. The van der Waals surface area contributed by atoms with Crippen LogP contribution in [0.5, 0.6) is 0 Å². The van der Waals surface area contributed by atoms with Gasteiger partial charge in [-0.25, -0.2) is 15.0 Å². The molecular weight excluding hydrogens is 196 g/mol. The monoisotopic (exact) mass is 206 g/mol. The van der Waals surface area contributed by atoms with Crippen LogP contribution >= 0.6 is 11.8 Å². The van der Waals surface area contributed by atoms with Crippen LogP contribution < -0.4 is 0 Å². The molecule has 0 atom stereocenters. The molecular formula is C9H10N4S. The fraction of sp³-hybridized carbons (Fsp3) is 0.222. The van der Waals surface area contributed by atoms with E-state index in [4.69, 9.17) is 0 Å². The Bertz CT molecular complexity index is 421. The third-order valence-corrected chi connectivity index (χ3v) is 2.53. The fourth-order valence-corrected chi connectivity index (χ4v) is 1.48. The highest BCUT2D eigenvalue weighted by Crippen LogP contribution is 2.11. The zero-order valence-electron chi connectivity index (χ0n) is 8.01. The second-order valence-electron chi connectivity index (χ2n) is 2.76. The van der Waals surface area contributed by atoms with E-state index in [1.165, 1.54) is 0 Å². The van der Waals surface area contributed by atoms with Crippen LogP contribution in [0.4, 0.5) is 0 Å². The van der Waals surface area contributed by atoms with Gasteiger partial charge in [-0.2, -0.15) is 0 Å². The van der Waals surface area contributed by atoms with Gasteiger partial charge in [0.15, 0.2) is 5.82 Å². The summed E-state index contributed by atoms with van der Waals surface area (Å²) in [6.45, 7) is 1.93. The Balaban J connectivity index is 2.39. The van der Waals surface area contributed by atoms with Crippen LogP contribution in [-0.2, 0) is 0 Å². The lowest BCUT2D eigenvalue weighted by Crippen LogP contribution is -1.99. The summed E-state index contributed by atoms with van der Waals surface area (Å²) in [7, 11) is 0. The van der Waals surface area contributed by atoms with Gasteiger partial charge in [-0.05, 0) is 13.2 Å². The minimum absolute atomic E-state index is 0.804. The third kappa shape index (κ3) is 1.63. The van der Waals surface area contributed by atoms with E-state index < -0.39 is 0 Å². The van der Waals surface area contributed by atoms with E-state index in [0.717, 1.165) is 16.7 Å². The highest BCUT2D eigenvalue weighted by atomic mass is 32.2. The van der Waals surface area contributed by atoms with Gasteiger partial charge in [0, 0.05) is 12.4 Å². The number of nitrogens with zero attached hydrogens (tertiary/aromatic N) is 4. The summed E-state index contributed by atoms with van der Waals surface area (Å²) in [5.74, 6) is 1.72. The Morgan fingerprint density at radius 3 is 2.57 bits per heavy atom. The average Bonchev–Trinajstić information content (AvgIpc) is 2.65. The smallest absolute Gasteiger partial charge is 0.156 e. The molecule has 0 saturated carbocycles. The van der Waals surface area contributed by atoms with Gasteiger partial charge in [-0.15, -0.1) is 11.8 Å². The molecule has 0 radical (unpaired) electrons. The second-order valence-corrected chi connectivity index (χ2v) is 3.59. The molecule has 0 saturated heterocycles. The average molecular weight is 206 g/mol. The van der Waals surface area contributed by atoms with Gasteiger partial charge in [-0.1, -0.05) is 0 Å². The van der Waals surface area contributed by atoms with Gasteiger partial charge >= 0.3 is 0 Å². The Hall–Kier alpha value is -1.36. The fourth-order valence-electron chi connectivity index (χ4n) is 1.16. The molecule has 14 heavy (non-hydrogen) atoms. The van der Waals surface area contributed by atoms with Crippen molar-refractivity contribution in [3.63, 3.8) is 0 Å². The summed E-state index contributed by atoms with van der Waals surface area (Å²) in [5.41, 5.74) is 0. The van der Waals surface area contributed by atoms with Gasteiger partial charge in [0.2, 0.25) is 0 Å². The molecule has 0 aliphatic carbocycles. The SMILES string of the molecule is CSc1cnc(-n2ccnc2C)cn1. The number of hydrogen-bond acceptors (Lipinski definition) is 4. The first-order valence-corrected chi connectivity index (χ1v) is 5.40. The van der Waals surface area contributed by atoms with E-state index in [1.54, 1.807) is 30.4 Å². The lowest BCUT2D eigenvalue weighted by atomic mass is 10.6. The maximum atomic E-state index is 4.29. The van der Waals surface area contributed by atoms with E-state index in [0.29, 0.717) is 0 Å². The van der Waals surface area contributed by atoms with Crippen molar-refractivity contribution in [1.82, 2.24) is 19.5 Å². The first kappa shape index (κ1) is 9.21. The van der Waals surface area contributed by atoms with Gasteiger partial charge < -0.3 is 0 Å². The lowest BCUT2D eigenvalue weighted by molar-refractivity contribution is 0.897. The second kappa shape index (κ2) is 3.79. The molecule has 0 unspecified atom stereocenters. The van der Waals surface area contributed by atoms with Crippen LogP contribution in [0.3, 0.4) is 0 Å². The van der Waals surface area contributed by atoms with Crippen molar-refractivity contribution in [2.75, 3.05) is 6.26 Å². The van der Waals surface area contributed by atoms with Crippen molar-refractivity contribution in [3.8, 4) is 5.82 Å². The summed E-state index contributed by atoms with van der Waals surface area (Å²) in [6, 6.07) is 0. The van der Waals surface area contributed by atoms with Crippen molar-refractivity contribution in [2.45, 2.75) is 11.9 Å². The minimum Gasteiger partial charge on any atom is -0.287 e. The Kier molecular flexibility index (Phi) is 2.49. The molecule has 0 aliphatic rings. The summed E-state index contributed by atoms with van der Waals surface area (Å²) in [6.07, 6.45) is 9.11. The standard InChI is InChI=1S/C9H10N4S/c1-7-10-3-4-13(7)8-5-12-9(14-2)6-11-8/h3-6H,1-2H3. The highest BCUT2D eigenvalue weighted by Gasteiger charge is 2.01. The number of rotatable bonds is 2. The van der Waals surface area contributed by atoms with Gasteiger partial charge in [0.1, 0.15) is 10.9 Å². The van der Waals surface area contributed by atoms with E-state index >= 15 is 0 Å². The van der Waals surface area contributed by atoms with Crippen molar-refractivity contribution in [1.29, 1.82) is 0 Å².